The SMILES string of the molecule is CCC(C)C(NC(=O)COc1ccc2c(C)cc(=O)oc2c1)c1nc2ccccc2[nH]1. The molecule has 2 heterocycles. The Morgan fingerprint density at radius 1 is 1.23 bits per heavy atom. The topological polar surface area (TPSA) is 97.2 Å². The van der Waals surface area contributed by atoms with E-state index in [9.17, 15) is 9.59 Å². The third-order valence-corrected chi connectivity index (χ3v) is 5.52. The van der Waals surface area contributed by atoms with Gasteiger partial charge in [-0.2, -0.15) is 0 Å². The molecule has 7 nitrogen and oxygen atoms in total. The summed E-state index contributed by atoms with van der Waals surface area (Å²) in [5.74, 6) is 1.12. The Hall–Kier alpha value is -3.61. The van der Waals surface area contributed by atoms with Gasteiger partial charge in [-0.3, -0.25) is 4.79 Å². The molecule has 0 fully saturated rings. The highest BCUT2D eigenvalue weighted by molar-refractivity contribution is 5.82. The number of hydrogen-bond acceptors (Lipinski definition) is 5. The highest BCUT2D eigenvalue weighted by Gasteiger charge is 2.23. The smallest absolute Gasteiger partial charge is 0.336 e. The maximum atomic E-state index is 12.7. The van der Waals surface area contributed by atoms with Crippen molar-refractivity contribution in [3.8, 4) is 5.75 Å². The number of amides is 1. The number of carbonyl (C=O) groups excluding carboxylic acids is 1. The molecule has 2 N–H and O–H groups in total. The van der Waals surface area contributed by atoms with Crippen LogP contribution in [0.1, 0.15) is 37.7 Å². The van der Waals surface area contributed by atoms with Gasteiger partial charge in [0.1, 0.15) is 17.2 Å². The lowest BCUT2D eigenvalue weighted by Gasteiger charge is -2.22. The highest BCUT2D eigenvalue weighted by Crippen LogP contribution is 2.25. The van der Waals surface area contributed by atoms with Gasteiger partial charge in [0.05, 0.1) is 17.1 Å². The fourth-order valence-electron chi connectivity index (χ4n) is 3.59. The predicted octanol–water partition coefficient (Wildman–Crippen LogP) is 4.26. The lowest BCUT2D eigenvalue weighted by Crippen LogP contribution is -2.36. The molecule has 31 heavy (non-hydrogen) atoms. The normalized spacial score (nSPS) is 13.3. The summed E-state index contributed by atoms with van der Waals surface area (Å²) in [5.41, 5.74) is 2.65. The fraction of sp³-hybridized carbons (Fsp3) is 0.292. The first-order valence-corrected chi connectivity index (χ1v) is 10.4. The fourth-order valence-corrected chi connectivity index (χ4v) is 3.59. The van der Waals surface area contributed by atoms with Crippen molar-refractivity contribution in [3.05, 3.63) is 70.3 Å². The summed E-state index contributed by atoms with van der Waals surface area (Å²) in [6, 6.07) is 14.2. The van der Waals surface area contributed by atoms with Crippen LogP contribution in [0.3, 0.4) is 0 Å². The van der Waals surface area contributed by atoms with Gasteiger partial charge >= 0.3 is 5.63 Å². The van der Waals surface area contributed by atoms with Crippen molar-refractivity contribution in [1.29, 1.82) is 0 Å². The van der Waals surface area contributed by atoms with Gasteiger partial charge < -0.3 is 19.5 Å². The molecule has 0 saturated heterocycles. The number of H-pyrrole nitrogens is 1. The van der Waals surface area contributed by atoms with Gasteiger partial charge in [-0.15, -0.1) is 0 Å². The third-order valence-electron chi connectivity index (χ3n) is 5.52. The number of aryl methyl sites for hydroxylation is 1. The molecule has 0 aliphatic rings. The van der Waals surface area contributed by atoms with Crippen LogP contribution in [0.15, 0.2) is 57.7 Å². The number of aromatic nitrogens is 2. The summed E-state index contributed by atoms with van der Waals surface area (Å²) in [6.07, 6.45) is 0.881. The van der Waals surface area contributed by atoms with Gasteiger partial charge in [0.2, 0.25) is 0 Å². The molecule has 2 atom stereocenters. The molecule has 0 saturated carbocycles. The molecule has 2 aromatic carbocycles. The molecule has 0 aliphatic heterocycles. The number of hydrogen-bond donors (Lipinski definition) is 2. The molecular formula is C24H25N3O4. The van der Waals surface area contributed by atoms with E-state index in [0.717, 1.165) is 34.2 Å². The Morgan fingerprint density at radius 2 is 2.03 bits per heavy atom. The number of rotatable bonds is 7. The molecule has 0 bridgehead atoms. The molecule has 1 amide bonds. The zero-order valence-corrected chi connectivity index (χ0v) is 17.8. The summed E-state index contributed by atoms with van der Waals surface area (Å²) in [7, 11) is 0. The molecule has 0 radical (unpaired) electrons. The number of benzene rings is 2. The molecule has 4 rings (SSSR count). The van der Waals surface area contributed by atoms with E-state index in [2.05, 4.69) is 29.1 Å². The van der Waals surface area contributed by atoms with Crippen LogP contribution in [0.5, 0.6) is 5.75 Å². The monoisotopic (exact) mass is 419 g/mol. The van der Waals surface area contributed by atoms with Gasteiger partial charge in [-0.05, 0) is 42.7 Å². The number of imidazole rings is 1. The van der Waals surface area contributed by atoms with Crippen LogP contribution in [-0.2, 0) is 4.79 Å². The summed E-state index contributed by atoms with van der Waals surface area (Å²) in [5, 5.41) is 3.87. The minimum absolute atomic E-state index is 0.158. The minimum Gasteiger partial charge on any atom is -0.484 e. The van der Waals surface area contributed by atoms with Crippen LogP contribution in [0.4, 0.5) is 0 Å². The summed E-state index contributed by atoms with van der Waals surface area (Å²) in [6.45, 7) is 5.84. The number of aromatic amines is 1. The summed E-state index contributed by atoms with van der Waals surface area (Å²) >= 11 is 0. The van der Waals surface area contributed by atoms with E-state index in [-0.39, 0.29) is 24.5 Å². The highest BCUT2D eigenvalue weighted by atomic mass is 16.5. The van der Waals surface area contributed by atoms with E-state index in [1.165, 1.54) is 6.07 Å². The standard InChI is InChI=1S/C24H25N3O4/c1-4-14(2)23(24-25-18-7-5-6-8-19(18)26-24)27-21(28)13-30-16-9-10-17-15(3)11-22(29)31-20(17)12-16/h5-12,14,23H,4,13H2,1-3H3,(H,25,26)(H,27,28). The second-order valence-corrected chi connectivity index (χ2v) is 7.76. The average Bonchev–Trinajstić information content (AvgIpc) is 3.19. The lowest BCUT2D eigenvalue weighted by atomic mass is 9.98. The maximum Gasteiger partial charge on any atom is 0.336 e. The number of fused-ring (bicyclic) bond motifs is 2. The molecule has 0 aliphatic carbocycles. The number of carbonyl (C=O) groups is 1. The van der Waals surface area contributed by atoms with Gasteiger partial charge in [-0.25, -0.2) is 9.78 Å². The number of nitrogens with zero attached hydrogens (tertiary/aromatic N) is 1. The quantitative estimate of drug-likeness (QED) is 0.436. The van der Waals surface area contributed by atoms with Gasteiger partial charge in [0.25, 0.3) is 5.91 Å². The lowest BCUT2D eigenvalue weighted by molar-refractivity contribution is -0.124. The second kappa shape index (κ2) is 8.63. The molecular weight excluding hydrogens is 394 g/mol. The summed E-state index contributed by atoms with van der Waals surface area (Å²) in [4.78, 5) is 32.2. The predicted molar refractivity (Wildman–Crippen MR) is 119 cm³/mol. The summed E-state index contributed by atoms with van der Waals surface area (Å²) < 4.78 is 10.9. The molecule has 2 unspecified atom stereocenters. The minimum atomic E-state index is -0.415. The molecule has 2 aromatic heterocycles. The van der Waals surface area contributed by atoms with Crippen LogP contribution in [-0.4, -0.2) is 22.5 Å². The van der Waals surface area contributed by atoms with Crippen molar-refractivity contribution >= 4 is 27.9 Å². The Bertz CT molecular complexity index is 1260. The van der Waals surface area contributed by atoms with E-state index < -0.39 is 5.63 Å². The van der Waals surface area contributed by atoms with E-state index in [4.69, 9.17) is 9.15 Å². The Labute approximate surface area is 179 Å². The van der Waals surface area contributed by atoms with Crippen LogP contribution in [0, 0.1) is 12.8 Å². The average molecular weight is 419 g/mol. The number of para-hydroxylation sites is 2. The van der Waals surface area contributed by atoms with Crippen molar-refractivity contribution in [1.82, 2.24) is 15.3 Å². The van der Waals surface area contributed by atoms with E-state index >= 15 is 0 Å². The maximum absolute atomic E-state index is 12.7. The molecule has 160 valence electrons. The van der Waals surface area contributed by atoms with Crippen molar-refractivity contribution in [2.24, 2.45) is 5.92 Å². The van der Waals surface area contributed by atoms with E-state index in [1.807, 2.05) is 37.3 Å². The van der Waals surface area contributed by atoms with Gasteiger partial charge in [0.15, 0.2) is 6.61 Å². The first kappa shape index (κ1) is 20.7. The Kier molecular flexibility index (Phi) is 5.75. The molecule has 0 spiro atoms. The largest absolute Gasteiger partial charge is 0.484 e. The second-order valence-electron chi connectivity index (χ2n) is 7.76. The number of nitrogens with one attached hydrogen (secondary N) is 2. The zero-order chi connectivity index (χ0) is 22.0. The first-order chi connectivity index (χ1) is 14.9. The van der Waals surface area contributed by atoms with Crippen LogP contribution in [0.25, 0.3) is 22.0 Å². The third kappa shape index (κ3) is 4.45. The van der Waals surface area contributed by atoms with Gasteiger partial charge in [0, 0.05) is 17.5 Å². The van der Waals surface area contributed by atoms with Crippen LogP contribution >= 0.6 is 0 Å². The zero-order valence-electron chi connectivity index (χ0n) is 17.8. The van der Waals surface area contributed by atoms with Crippen molar-refractivity contribution < 1.29 is 13.9 Å². The first-order valence-electron chi connectivity index (χ1n) is 10.4. The number of ether oxygens (including phenoxy) is 1. The molecule has 4 aromatic rings. The van der Waals surface area contributed by atoms with Crippen LogP contribution < -0.4 is 15.7 Å². The van der Waals surface area contributed by atoms with E-state index in [0.29, 0.717) is 11.3 Å². The van der Waals surface area contributed by atoms with Crippen LogP contribution in [0.2, 0.25) is 0 Å². The Morgan fingerprint density at radius 3 is 2.81 bits per heavy atom. The van der Waals surface area contributed by atoms with Gasteiger partial charge in [-0.1, -0.05) is 32.4 Å². The van der Waals surface area contributed by atoms with Crippen molar-refractivity contribution in [2.45, 2.75) is 33.2 Å². The van der Waals surface area contributed by atoms with Crippen molar-refractivity contribution in [2.75, 3.05) is 6.61 Å². The van der Waals surface area contributed by atoms with Crippen molar-refractivity contribution in [3.63, 3.8) is 0 Å². The van der Waals surface area contributed by atoms with E-state index in [1.54, 1.807) is 12.1 Å². The Balaban J connectivity index is 1.48. The molecule has 7 heteroatoms.